The highest BCUT2D eigenvalue weighted by Crippen LogP contribution is 2.16. The zero-order chi connectivity index (χ0) is 7.84. The van der Waals surface area contributed by atoms with Crippen LogP contribution >= 0.6 is 23.2 Å². The van der Waals surface area contributed by atoms with Crippen molar-refractivity contribution in [2.45, 2.75) is 0 Å². The van der Waals surface area contributed by atoms with Gasteiger partial charge in [0.25, 0.3) is 0 Å². The van der Waals surface area contributed by atoms with Gasteiger partial charge in [0.15, 0.2) is 5.65 Å². The lowest BCUT2D eigenvalue weighted by atomic mass is 10.6. The second-order valence-electron chi connectivity index (χ2n) is 2.01. The van der Waals surface area contributed by atoms with Crippen LogP contribution in [0.5, 0.6) is 0 Å². The van der Waals surface area contributed by atoms with E-state index in [1.807, 2.05) is 0 Å². The normalized spacial score (nSPS) is 10.7. The van der Waals surface area contributed by atoms with E-state index in [2.05, 4.69) is 10.1 Å². The van der Waals surface area contributed by atoms with Gasteiger partial charge in [0.1, 0.15) is 5.15 Å². The quantitative estimate of drug-likeness (QED) is 0.633. The summed E-state index contributed by atoms with van der Waals surface area (Å²) in [6.07, 6.45) is 3.19. The lowest BCUT2D eigenvalue weighted by Gasteiger charge is -1.90. The van der Waals surface area contributed by atoms with Gasteiger partial charge in [-0.3, -0.25) is 0 Å². The average Bonchev–Trinajstić information content (AvgIpc) is 2.31. The van der Waals surface area contributed by atoms with Crippen molar-refractivity contribution in [1.29, 1.82) is 0 Å². The molecule has 3 nitrogen and oxygen atoms in total. The molecular formula is C6H3Cl2N3. The topological polar surface area (TPSA) is 30.2 Å². The molecule has 0 aromatic carbocycles. The van der Waals surface area contributed by atoms with Gasteiger partial charge < -0.3 is 0 Å². The molecule has 0 spiro atoms. The zero-order valence-electron chi connectivity index (χ0n) is 5.33. The van der Waals surface area contributed by atoms with Crippen LogP contribution in [0, 0.1) is 0 Å². The van der Waals surface area contributed by atoms with Crippen LogP contribution < -0.4 is 0 Å². The van der Waals surface area contributed by atoms with E-state index >= 15 is 0 Å². The van der Waals surface area contributed by atoms with Crippen LogP contribution in [0.2, 0.25) is 10.2 Å². The van der Waals surface area contributed by atoms with Gasteiger partial charge in [0.05, 0.1) is 11.2 Å². The summed E-state index contributed by atoms with van der Waals surface area (Å²) < 4.78 is 1.53. The number of halogens is 2. The largest absolute Gasteiger partial charge is 0.218 e. The van der Waals surface area contributed by atoms with E-state index in [0.717, 1.165) is 0 Å². The Morgan fingerprint density at radius 3 is 2.91 bits per heavy atom. The van der Waals surface area contributed by atoms with Crippen LogP contribution in [-0.2, 0) is 0 Å². The molecule has 5 heteroatoms. The molecule has 0 aliphatic heterocycles. The van der Waals surface area contributed by atoms with Gasteiger partial charge in [0.2, 0.25) is 0 Å². The van der Waals surface area contributed by atoms with E-state index in [4.69, 9.17) is 23.2 Å². The first-order valence-corrected chi connectivity index (χ1v) is 3.68. The summed E-state index contributed by atoms with van der Waals surface area (Å²) in [6, 6.07) is 1.67. The summed E-state index contributed by atoms with van der Waals surface area (Å²) in [7, 11) is 0. The molecule has 0 bridgehead atoms. The van der Waals surface area contributed by atoms with Crippen molar-refractivity contribution in [3.8, 4) is 0 Å². The lowest BCUT2D eigenvalue weighted by Crippen LogP contribution is -1.87. The molecule has 0 fully saturated rings. The summed E-state index contributed by atoms with van der Waals surface area (Å²) >= 11 is 11.4. The van der Waals surface area contributed by atoms with Crippen LogP contribution in [0.15, 0.2) is 18.5 Å². The molecule has 0 aliphatic carbocycles. The number of fused-ring (bicyclic) bond motifs is 1. The Kier molecular flexibility index (Phi) is 1.47. The van der Waals surface area contributed by atoms with Gasteiger partial charge in [-0.05, 0) is 6.07 Å². The molecular weight excluding hydrogens is 185 g/mol. The molecule has 2 aromatic rings. The molecule has 0 radical (unpaired) electrons. The van der Waals surface area contributed by atoms with Crippen LogP contribution in [0.1, 0.15) is 0 Å². The number of rotatable bonds is 0. The monoisotopic (exact) mass is 187 g/mol. The molecule has 2 aromatic heterocycles. The first-order chi connectivity index (χ1) is 5.27. The van der Waals surface area contributed by atoms with Gasteiger partial charge in [-0.2, -0.15) is 5.10 Å². The summed E-state index contributed by atoms with van der Waals surface area (Å²) in [5.41, 5.74) is 0.583. The van der Waals surface area contributed by atoms with E-state index in [1.165, 1.54) is 4.52 Å². The molecule has 11 heavy (non-hydrogen) atoms. The Hall–Kier alpha value is -0.800. The fourth-order valence-corrected chi connectivity index (χ4v) is 1.20. The molecule has 56 valence electrons. The van der Waals surface area contributed by atoms with Crippen molar-refractivity contribution < 1.29 is 0 Å². The van der Waals surface area contributed by atoms with Crippen LogP contribution in [0.4, 0.5) is 0 Å². The smallest absolute Gasteiger partial charge is 0.173 e. The molecule has 2 heterocycles. The SMILES string of the molecule is Clc1cn2nccc(Cl)c2n1. The van der Waals surface area contributed by atoms with Crippen molar-refractivity contribution >= 4 is 28.8 Å². The predicted molar refractivity (Wildman–Crippen MR) is 43.0 cm³/mol. The number of nitrogens with zero attached hydrogens (tertiary/aromatic N) is 3. The number of hydrogen-bond acceptors (Lipinski definition) is 2. The molecule has 0 N–H and O–H groups in total. The third-order valence-corrected chi connectivity index (χ3v) is 1.76. The van der Waals surface area contributed by atoms with E-state index in [1.54, 1.807) is 18.5 Å². The van der Waals surface area contributed by atoms with Crippen molar-refractivity contribution in [1.82, 2.24) is 14.6 Å². The molecule has 0 unspecified atom stereocenters. The Morgan fingerprint density at radius 2 is 2.18 bits per heavy atom. The molecule has 0 atom stereocenters. The van der Waals surface area contributed by atoms with Gasteiger partial charge in [0, 0.05) is 6.20 Å². The molecule has 0 amide bonds. The average molecular weight is 188 g/mol. The lowest BCUT2D eigenvalue weighted by molar-refractivity contribution is 0.936. The Morgan fingerprint density at radius 1 is 1.36 bits per heavy atom. The maximum absolute atomic E-state index is 5.79. The molecule has 0 saturated heterocycles. The van der Waals surface area contributed by atoms with Crippen LogP contribution in [-0.4, -0.2) is 14.6 Å². The highest BCUT2D eigenvalue weighted by atomic mass is 35.5. The number of hydrogen-bond donors (Lipinski definition) is 0. The third-order valence-electron chi connectivity index (χ3n) is 1.28. The predicted octanol–water partition coefficient (Wildman–Crippen LogP) is 2.04. The second kappa shape index (κ2) is 2.36. The minimum absolute atomic E-state index is 0.394. The van der Waals surface area contributed by atoms with E-state index in [0.29, 0.717) is 15.8 Å². The molecule has 2 rings (SSSR count). The van der Waals surface area contributed by atoms with Gasteiger partial charge >= 0.3 is 0 Å². The molecule has 0 saturated carbocycles. The first kappa shape index (κ1) is 6.88. The fraction of sp³-hybridized carbons (Fsp3) is 0. The minimum atomic E-state index is 0.394. The van der Waals surface area contributed by atoms with Crippen molar-refractivity contribution in [3.63, 3.8) is 0 Å². The maximum Gasteiger partial charge on any atom is 0.173 e. The van der Waals surface area contributed by atoms with Gasteiger partial charge in [-0.25, -0.2) is 9.50 Å². The minimum Gasteiger partial charge on any atom is -0.218 e. The Bertz CT molecular complexity index is 396. The zero-order valence-corrected chi connectivity index (χ0v) is 6.84. The summed E-state index contributed by atoms with van der Waals surface area (Å²) in [5.74, 6) is 0. The summed E-state index contributed by atoms with van der Waals surface area (Å²) in [6.45, 7) is 0. The highest BCUT2D eigenvalue weighted by Gasteiger charge is 2.02. The van der Waals surface area contributed by atoms with E-state index in [9.17, 15) is 0 Å². The summed E-state index contributed by atoms with van der Waals surface area (Å²) in [5, 5.41) is 4.89. The standard InChI is InChI=1S/C6H3Cl2N3/c7-4-1-2-9-11-3-5(8)10-6(4)11/h1-3H. The molecule has 0 aliphatic rings. The Labute approximate surface area is 72.6 Å². The summed E-state index contributed by atoms with van der Waals surface area (Å²) in [4.78, 5) is 3.95. The van der Waals surface area contributed by atoms with Crippen molar-refractivity contribution in [3.05, 3.63) is 28.6 Å². The van der Waals surface area contributed by atoms with Crippen molar-refractivity contribution in [2.24, 2.45) is 0 Å². The van der Waals surface area contributed by atoms with Gasteiger partial charge in [-0.15, -0.1) is 0 Å². The second-order valence-corrected chi connectivity index (χ2v) is 2.81. The van der Waals surface area contributed by atoms with E-state index in [-0.39, 0.29) is 0 Å². The third kappa shape index (κ3) is 1.06. The maximum atomic E-state index is 5.79. The number of imidazole rings is 1. The van der Waals surface area contributed by atoms with Crippen LogP contribution in [0.25, 0.3) is 5.65 Å². The Balaban J connectivity index is 2.90. The number of aromatic nitrogens is 3. The fourth-order valence-electron chi connectivity index (χ4n) is 0.839. The first-order valence-electron chi connectivity index (χ1n) is 2.93. The van der Waals surface area contributed by atoms with Crippen molar-refractivity contribution in [2.75, 3.05) is 0 Å². The highest BCUT2D eigenvalue weighted by molar-refractivity contribution is 6.34. The van der Waals surface area contributed by atoms with Crippen LogP contribution in [0.3, 0.4) is 0 Å². The van der Waals surface area contributed by atoms with Gasteiger partial charge in [-0.1, -0.05) is 23.2 Å². The van der Waals surface area contributed by atoms with E-state index < -0.39 is 0 Å².